The van der Waals surface area contributed by atoms with E-state index in [1.807, 2.05) is 12.1 Å². The van der Waals surface area contributed by atoms with E-state index in [1.54, 1.807) is 16.7 Å². The van der Waals surface area contributed by atoms with Gasteiger partial charge < -0.3 is 10.2 Å². The summed E-state index contributed by atoms with van der Waals surface area (Å²) in [6.07, 6.45) is -4.44. The van der Waals surface area contributed by atoms with Gasteiger partial charge in [0, 0.05) is 18.0 Å². The molecule has 0 aliphatic carbocycles. The molecule has 1 fully saturated rings. The van der Waals surface area contributed by atoms with Crippen LogP contribution < -0.4 is 5.32 Å². The summed E-state index contributed by atoms with van der Waals surface area (Å²) in [5.41, 5.74) is 1.60. The molecule has 3 nitrogen and oxygen atoms in total. The summed E-state index contributed by atoms with van der Waals surface area (Å²) in [5, 5.41) is 2.46. The second-order valence-corrected chi connectivity index (χ2v) is 7.93. The molecule has 2 aromatic rings. The molecule has 3 rings (SSSR count). The van der Waals surface area contributed by atoms with E-state index in [2.05, 4.69) is 31.3 Å². The lowest BCUT2D eigenvalue weighted by Gasteiger charge is -2.25. The fourth-order valence-electron chi connectivity index (χ4n) is 2.97. The molecule has 0 spiro atoms. The van der Waals surface area contributed by atoms with Crippen molar-refractivity contribution in [2.24, 2.45) is 0 Å². The van der Waals surface area contributed by atoms with Gasteiger partial charge in [0.15, 0.2) is 0 Å². The van der Waals surface area contributed by atoms with Gasteiger partial charge in [-0.25, -0.2) is 4.79 Å². The number of carbonyl (C=O) groups excluding carboxylic acids is 1. The molecular weight excluding hydrogens is 373 g/mol. The molecule has 1 aliphatic heterocycles. The topological polar surface area (TPSA) is 32.3 Å². The van der Waals surface area contributed by atoms with Crippen LogP contribution in [-0.4, -0.2) is 23.2 Å². The highest BCUT2D eigenvalue weighted by Gasteiger charge is 2.32. The quantitative estimate of drug-likeness (QED) is 0.681. The van der Waals surface area contributed by atoms with Crippen LogP contribution in [0.25, 0.3) is 0 Å². The molecule has 27 heavy (non-hydrogen) atoms. The Bertz CT molecular complexity index is 806. The number of nitrogens with one attached hydrogen (secondary N) is 1. The Kier molecular flexibility index (Phi) is 5.69. The Balaban J connectivity index is 1.74. The van der Waals surface area contributed by atoms with Crippen LogP contribution in [0, 0.1) is 0 Å². The first-order valence-corrected chi connectivity index (χ1v) is 9.77. The van der Waals surface area contributed by atoms with Gasteiger partial charge in [0.2, 0.25) is 0 Å². The highest BCUT2D eigenvalue weighted by atomic mass is 32.2. The van der Waals surface area contributed by atoms with Crippen LogP contribution in [0.3, 0.4) is 0 Å². The number of benzene rings is 2. The van der Waals surface area contributed by atoms with Gasteiger partial charge in [-0.1, -0.05) is 44.2 Å². The van der Waals surface area contributed by atoms with Crippen molar-refractivity contribution in [3.05, 3.63) is 65.2 Å². The first-order valence-electron chi connectivity index (χ1n) is 8.72. The molecule has 1 aliphatic rings. The third-order valence-corrected chi connectivity index (χ3v) is 5.74. The van der Waals surface area contributed by atoms with Crippen molar-refractivity contribution < 1.29 is 18.0 Å². The molecule has 0 unspecified atom stereocenters. The maximum absolute atomic E-state index is 12.9. The summed E-state index contributed by atoms with van der Waals surface area (Å²) in [6, 6.07) is 12.4. The third kappa shape index (κ3) is 4.58. The first kappa shape index (κ1) is 19.6. The Morgan fingerprint density at radius 2 is 1.89 bits per heavy atom. The lowest BCUT2D eigenvalue weighted by molar-refractivity contribution is -0.137. The normalized spacial score (nSPS) is 17.4. The van der Waals surface area contributed by atoms with Crippen molar-refractivity contribution in [2.75, 3.05) is 17.6 Å². The minimum atomic E-state index is -4.44. The molecule has 2 aromatic carbocycles. The lowest BCUT2D eigenvalue weighted by atomic mass is 10.0. The maximum atomic E-state index is 12.9. The smallest absolute Gasteiger partial charge is 0.308 e. The summed E-state index contributed by atoms with van der Waals surface area (Å²) in [7, 11) is 0. The Labute approximate surface area is 160 Å². The van der Waals surface area contributed by atoms with E-state index in [9.17, 15) is 18.0 Å². The van der Waals surface area contributed by atoms with Crippen LogP contribution in [0.5, 0.6) is 0 Å². The van der Waals surface area contributed by atoms with Crippen LogP contribution in [0.1, 0.15) is 41.8 Å². The molecule has 1 saturated heterocycles. The van der Waals surface area contributed by atoms with Crippen LogP contribution in [-0.2, 0) is 6.18 Å². The van der Waals surface area contributed by atoms with E-state index in [4.69, 9.17) is 0 Å². The number of carbonyl (C=O) groups is 1. The first-order chi connectivity index (χ1) is 12.8. The highest BCUT2D eigenvalue weighted by molar-refractivity contribution is 7.99. The largest absolute Gasteiger partial charge is 0.416 e. The van der Waals surface area contributed by atoms with Crippen molar-refractivity contribution in [1.82, 2.24) is 4.90 Å². The number of rotatable bonds is 3. The van der Waals surface area contributed by atoms with Gasteiger partial charge in [-0.2, -0.15) is 13.2 Å². The number of urea groups is 1. The fraction of sp³-hybridized carbons (Fsp3) is 0.350. The van der Waals surface area contributed by atoms with Crippen molar-refractivity contribution in [3.63, 3.8) is 0 Å². The summed E-state index contributed by atoms with van der Waals surface area (Å²) in [6.45, 7) is 4.79. The monoisotopic (exact) mass is 394 g/mol. The number of hydrogen-bond acceptors (Lipinski definition) is 2. The molecular formula is C20H21F3N2OS. The number of amides is 2. The second-order valence-electron chi connectivity index (χ2n) is 6.75. The summed E-state index contributed by atoms with van der Waals surface area (Å²) in [5.74, 6) is 1.21. The Hall–Kier alpha value is -2.15. The predicted octanol–water partition coefficient (Wildman–Crippen LogP) is 6.11. The molecule has 0 radical (unpaired) electrons. The van der Waals surface area contributed by atoms with Gasteiger partial charge in [0.05, 0.1) is 5.56 Å². The van der Waals surface area contributed by atoms with Gasteiger partial charge in [-0.3, -0.25) is 0 Å². The molecule has 1 heterocycles. The second kappa shape index (κ2) is 7.84. The zero-order valence-electron chi connectivity index (χ0n) is 15.1. The Morgan fingerprint density at radius 1 is 1.19 bits per heavy atom. The molecule has 0 bridgehead atoms. The highest BCUT2D eigenvalue weighted by Crippen LogP contribution is 2.38. The Morgan fingerprint density at radius 3 is 2.52 bits per heavy atom. The average molecular weight is 394 g/mol. The van der Waals surface area contributed by atoms with E-state index in [1.165, 1.54) is 17.7 Å². The molecule has 1 atom stereocenters. The zero-order chi connectivity index (χ0) is 19.6. The molecule has 0 saturated carbocycles. The van der Waals surface area contributed by atoms with E-state index >= 15 is 0 Å². The summed E-state index contributed by atoms with van der Waals surface area (Å²) >= 11 is 1.65. The summed E-state index contributed by atoms with van der Waals surface area (Å²) < 4.78 is 38.6. The number of alkyl halides is 3. The van der Waals surface area contributed by atoms with Gasteiger partial charge in [0.25, 0.3) is 0 Å². The molecule has 7 heteroatoms. The van der Waals surface area contributed by atoms with Gasteiger partial charge in [-0.15, -0.1) is 11.8 Å². The van der Waals surface area contributed by atoms with Gasteiger partial charge in [0.1, 0.15) is 5.37 Å². The van der Waals surface area contributed by atoms with E-state index in [0.717, 1.165) is 23.4 Å². The van der Waals surface area contributed by atoms with Crippen molar-refractivity contribution in [3.8, 4) is 0 Å². The number of anilines is 1. The molecule has 2 amide bonds. The molecule has 1 N–H and O–H groups in total. The SMILES string of the molecule is CC(C)c1ccc([C@@H]2SCCN2C(=O)Nc2cccc(C(F)(F)F)c2)cc1. The number of halogens is 3. The van der Waals surface area contributed by atoms with E-state index in [0.29, 0.717) is 12.5 Å². The molecule has 0 aromatic heterocycles. The third-order valence-electron chi connectivity index (χ3n) is 4.48. The minimum Gasteiger partial charge on any atom is -0.308 e. The average Bonchev–Trinajstić information content (AvgIpc) is 3.11. The van der Waals surface area contributed by atoms with Gasteiger partial charge >= 0.3 is 12.2 Å². The number of hydrogen-bond donors (Lipinski definition) is 1. The number of nitrogens with zero attached hydrogens (tertiary/aromatic N) is 1. The molecule has 144 valence electrons. The predicted molar refractivity (Wildman–Crippen MR) is 103 cm³/mol. The van der Waals surface area contributed by atoms with Crippen LogP contribution in [0.4, 0.5) is 23.7 Å². The lowest BCUT2D eigenvalue weighted by Crippen LogP contribution is -2.34. The van der Waals surface area contributed by atoms with E-state index < -0.39 is 17.8 Å². The van der Waals surface area contributed by atoms with Crippen LogP contribution in [0.2, 0.25) is 0 Å². The standard InChI is InChI=1S/C20H21F3N2OS/c1-13(2)14-6-8-15(9-7-14)18-25(10-11-27-18)19(26)24-17-5-3-4-16(12-17)20(21,22)23/h3-9,12-13,18H,10-11H2,1-2H3,(H,24,26)/t18-/m0/s1. The van der Waals surface area contributed by atoms with E-state index in [-0.39, 0.29) is 11.1 Å². The number of thioether (sulfide) groups is 1. The van der Waals surface area contributed by atoms with Crippen molar-refractivity contribution in [2.45, 2.75) is 31.3 Å². The van der Waals surface area contributed by atoms with Crippen molar-refractivity contribution in [1.29, 1.82) is 0 Å². The summed E-state index contributed by atoms with van der Waals surface area (Å²) in [4.78, 5) is 14.3. The minimum absolute atomic E-state index is 0.139. The maximum Gasteiger partial charge on any atom is 0.416 e. The van der Waals surface area contributed by atoms with Crippen LogP contribution in [0.15, 0.2) is 48.5 Å². The fourth-order valence-corrected chi connectivity index (χ4v) is 4.22. The van der Waals surface area contributed by atoms with Crippen molar-refractivity contribution >= 4 is 23.5 Å². The zero-order valence-corrected chi connectivity index (χ0v) is 15.9. The van der Waals surface area contributed by atoms with Gasteiger partial charge in [-0.05, 0) is 35.2 Å². The van der Waals surface area contributed by atoms with Crippen LogP contribution >= 0.6 is 11.8 Å².